The molecule has 4 nitrogen and oxygen atoms in total. The summed E-state index contributed by atoms with van der Waals surface area (Å²) in [5.41, 5.74) is 8.25. The van der Waals surface area contributed by atoms with E-state index in [9.17, 15) is 0 Å². The Kier molecular flexibility index (Phi) is 5.22. The molecule has 2 aliphatic rings. The van der Waals surface area contributed by atoms with Gasteiger partial charge in [0.2, 0.25) is 0 Å². The molecule has 0 saturated carbocycles. The van der Waals surface area contributed by atoms with Crippen molar-refractivity contribution in [3.63, 3.8) is 0 Å². The van der Waals surface area contributed by atoms with Gasteiger partial charge in [-0.15, -0.1) is 0 Å². The molecular formula is C32H32N4. The van der Waals surface area contributed by atoms with Crippen LogP contribution in [0.25, 0.3) is 17.2 Å². The van der Waals surface area contributed by atoms with Crippen molar-refractivity contribution >= 4 is 29.1 Å². The maximum absolute atomic E-state index is 5.22. The highest BCUT2D eigenvalue weighted by Crippen LogP contribution is 2.50. The van der Waals surface area contributed by atoms with Crippen LogP contribution in [0.4, 0.5) is 23.0 Å². The first kappa shape index (κ1) is 22.5. The molecule has 6 rings (SSSR count). The van der Waals surface area contributed by atoms with Crippen LogP contribution in [0.5, 0.6) is 0 Å². The third-order valence-electron chi connectivity index (χ3n) is 7.16. The molecule has 3 heterocycles. The van der Waals surface area contributed by atoms with E-state index in [0.29, 0.717) is 5.92 Å². The van der Waals surface area contributed by atoms with Crippen LogP contribution in [0.1, 0.15) is 57.4 Å². The Labute approximate surface area is 214 Å². The van der Waals surface area contributed by atoms with Gasteiger partial charge in [0.15, 0.2) is 11.6 Å². The number of hydrogen-bond donors (Lipinski definition) is 0. The van der Waals surface area contributed by atoms with Crippen molar-refractivity contribution in [1.82, 2.24) is 9.97 Å². The maximum atomic E-state index is 5.22. The first-order valence-electron chi connectivity index (χ1n) is 12.8. The predicted octanol–water partition coefficient (Wildman–Crippen LogP) is 8.21. The number of hydrogen-bond acceptors (Lipinski definition) is 4. The Balaban J connectivity index is 1.55. The molecule has 0 N–H and O–H groups in total. The lowest BCUT2D eigenvalue weighted by Gasteiger charge is -2.34. The van der Waals surface area contributed by atoms with Crippen LogP contribution in [0, 0.1) is 0 Å². The van der Waals surface area contributed by atoms with Crippen LogP contribution in [0.3, 0.4) is 0 Å². The fourth-order valence-electron chi connectivity index (χ4n) is 5.24. The highest BCUT2D eigenvalue weighted by Gasteiger charge is 2.42. The van der Waals surface area contributed by atoms with Crippen molar-refractivity contribution in [3.05, 3.63) is 102 Å². The van der Waals surface area contributed by atoms with Crippen molar-refractivity contribution in [2.45, 2.75) is 52.1 Å². The van der Waals surface area contributed by atoms with Crippen molar-refractivity contribution < 1.29 is 0 Å². The molecule has 0 amide bonds. The van der Waals surface area contributed by atoms with Crippen LogP contribution in [0.2, 0.25) is 0 Å². The summed E-state index contributed by atoms with van der Waals surface area (Å²) in [6.45, 7) is 11.1. The highest BCUT2D eigenvalue weighted by atomic mass is 15.5. The van der Waals surface area contributed by atoms with E-state index in [-0.39, 0.29) is 11.6 Å². The number of benzene rings is 3. The summed E-state index contributed by atoms with van der Waals surface area (Å²) in [4.78, 5) is 14.9. The molecule has 3 aromatic carbocycles. The fraction of sp³-hybridized carbons (Fsp3) is 0.250. The average Bonchev–Trinajstić information content (AvgIpc) is 3.22. The van der Waals surface area contributed by atoms with E-state index in [0.717, 1.165) is 23.0 Å². The SMILES string of the molecule is CC(C)c1ccccc1-c1ccc2c(c1)N1c3nc(C(C)(C)C)cnc3N(c3ccccc3)C1C=C2. The molecule has 1 unspecified atom stereocenters. The molecule has 1 atom stereocenters. The first-order valence-corrected chi connectivity index (χ1v) is 12.8. The standard InChI is InChI=1S/C32H32N4/c1-21(2)25-13-9-10-14-26(25)23-16-15-22-17-18-29-35(24-11-7-6-8-12-24)30-31(36(29)27(22)19-23)34-28(20-33-30)32(3,4)5/h6-21,29H,1-5H3. The Morgan fingerprint density at radius 3 is 2.33 bits per heavy atom. The molecule has 36 heavy (non-hydrogen) atoms. The normalized spacial score (nSPS) is 16.2. The lowest BCUT2D eigenvalue weighted by molar-refractivity contribution is 0.566. The highest BCUT2D eigenvalue weighted by molar-refractivity contribution is 5.91. The van der Waals surface area contributed by atoms with Crippen LogP contribution in [-0.2, 0) is 5.41 Å². The molecule has 0 radical (unpaired) electrons. The number of aromatic nitrogens is 2. The minimum atomic E-state index is -0.0931. The summed E-state index contributed by atoms with van der Waals surface area (Å²) in [6, 6.07) is 26.1. The molecule has 180 valence electrons. The van der Waals surface area contributed by atoms with E-state index in [2.05, 4.69) is 129 Å². The zero-order valence-electron chi connectivity index (χ0n) is 21.6. The number of para-hydroxylation sites is 1. The Hall–Kier alpha value is -3.92. The second-order valence-electron chi connectivity index (χ2n) is 11.0. The van der Waals surface area contributed by atoms with Crippen molar-refractivity contribution in [1.29, 1.82) is 0 Å². The van der Waals surface area contributed by atoms with Crippen LogP contribution >= 0.6 is 0 Å². The van der Waals surface area contributed by atoms with Gasteiger partial charge in [0.25, 0.3) is 0 Å². The van der Waals surface area contributed by atoms with E-state index in [1.165, 1.54) is 27.9 Å². The number of nitrogens with zero attached hydrogens (tertiary/aromatic N) is 4. The lowest BCUT2D eigenvalue weighted by atomic mass is 9.91. The molecule has 0 spiro atoms. The van der Waals surface area contributed by atoms with E-state index < -0.39 is 0 Å². The smallest absolute Gasteiger partial charge is 0.179 e. The molecule has 1 aromatic heterocycles. The van der Waals surface area contributed by atoms with Gasteiger partial charge in [0.1, 0.15) is 6.17 Å². The average molecular weight is 473 g/mol. The van der Waals surface area contributed by atoms with Gasteiger partial charge < -0.3 is 0 Å². The van der Waals surface area contributed by atoms with Gasteiger partial charge in [-0.3, -0.25) is 9.80 Å². The summed E-state index contributed by atoms with van der Waals surface area (Å²) >= 11 is 0. The van der Waals surface area contributed by atoms with E-state index >= 15 is 0 Å². The molecule has 2 aliphatic heterocycles. The van der Waals surface area contributed by atoms with Gasteiger partial charge in [-0.2, -0.15) is 0 Å². The Morgan fingerprint density at radius 1 is 0.833 bits per heavy atom. The summed E-state index contributed by atoms with van der Waals surface area (Å²) < 4.78 is 0. The first-order chi connectivity index (χ1) is 17.3. The molecular weight excluding hydrogens is 440 g/mol. The Morgan fingerprint density at radius 2 is 1.58 bits per heavy atom. The molecule has 0 saturated heterocycles. The van der Waals surface area contributed by atoms with Crippen LogP contribution < -0.4 is 9.80 Å². The number of anilines is 4. The molecule has 0 bridgehead atoms. The quantitative estimate of drug-likeness (QED) is 0.301. The third kappa shape index (κ3) is 3.60. The van der Waals surface area contributed by atoms with Gasteiger partial charge >= 0.3 is 0 Å². The molecule has 4 aromatic rings. The minimum Gasteiger partial charge on any atom is -0.298 e. The zero-order valence-corrected chi connectivity index (χ0v) is 21.6. The summed E-state index contributed by atoms with van der Waals surface area (Å²) in [5, 5.41) is 0. The van der Waals surface area contributed by atoms with E-state index in [1.54, 1.807) is 0 Å². The van der Waals surface area contributed by atoms with E-state index in [1.807, 2.05) is 6.20 Å². The Bertz CT molecular complexity index is 1460. The van der Waals surface area contributed by atoms with Gasteiger partial charge in [0.05, 0.1) is 17.6 Å². The van der Waals surface area contributed by atoms with Crippen molar-refractivity contribution in [2.24, 2.45) is 0 Å². The van der Waals surface area contributed by atoms with Gasteiger partial charge in [-0.25, -0.2) is 9.97 Å². The number of fused-ring (bicyclic) bond motifs is 5. The monoisotopic (exact) mass is 472 g/mol. The van der Waals surface area contributed by atoms with Crippen LogP contribution in [-0.4, -0.2) is 16.1 Å². The molecule has 4 heteroatoms. The second-order valence-corrected chi connectivity index (χ2v) is 11.0. The summed E-state index contributed by atoms with van der Waals surface area (Å²) in [6.07, 6.45) is 6.41. The van der Waals surface area contributed by atoms with Gasteiger partial charge in [0, 0.05) is 11.1 Å². The largest absolute Gasteiger partial charge is 0.298 e. The number of rotatable bonds is 3. The molecule has 0 fully saturated rings. The summed E-state index contributed by atoms with van der Waals surface area (Å²) in [7, 11) is 0. The predicted molar refractivity (Wildman–Crippen MR) is 150 cm³/mol. The minimum absolute atomic E-state index is 0.0271. The van der Waals surface area contributed by atoms with Gasteiger partial charge in [-0.1, -0.05) is 95.3 Å². The lowest BCUT2D eigenvalue weighted by Crippen LogP contribution is -2.38. The van der Waals surface area contributed by atoms with Crippen molar-refractivity contribution in [2.75, 3.05) is 9.80 Å². The third-order valence-corrected chi connectivity index (χ3v) is 7.16. The zero-order chi connectivity index (χ0) is 25.0. The molecule has 0 aliphatic carbocycles. The maximum Gasteiger partial charge on any atom is 0.179 e. The second kappa shape index (κ2) is 8.34. The van der Waals surface area contributed by atoms with Crippen molar-refractivity contribution in [3.8, 4) is 11.1 Å². The van der Waals surface area contributed by atoms with Crippen LogP contribution in [0.15, 0.2) is 85.1 Å². The summed E-state index contributed by atoms with van der Waals surface area (Å²) in [5.74, 6) is 2.26. The van der Waals surface area contributed by atoms with E-state index in [4.69, 9.17) is 9.97 Å². The fourth-order valence-corrected chi connectivity index (χ4v) is 5.24. The topological polar surface area (TPSA) is 32.3 Å². The van der Waals surface area contributed by atoms with Gasteiger partial charge in [-0.05, 0) is 52.4 Å².